The van der Waals surface area contributed by atoms with Crippen molar-refractivity contribution >= 4 is 44.2 Å². The van der Waals surface area contributed by atoms with Crippen molar-refractivity contribution in [3.05, 3.63) is 46.4 Å². The molecule has 1 unspecified atom stereocenters. The van der Waals surface area contributed by atoms with Crippen LogP contribution in [0.2, 0.25) is 0 Å². The molecule has 1 amide bonds. The number of alkyl halides is 1. The van der Waals surface area contributed by atoms with E-state index in [2.05, 4.69) is 35.1 Å². The van der Waals surface area contributed by atoms with Crippen LogP contribution >= 0.6 is 27.5 Å². The fraction of sp³-hybridized carbons (Fsp3) is 0.353. The normalized spacial score (nSPS) is 12.6. The van der Waals surface area contributed by atoms with Gasteiger partial charge >= 0.3 is 0 Å². The van der Waals surface area contributed by atoms with Gasteiger partial charge in [0, 0.05) is 22.0 Å². The van der Waals surface area contributed by atoms with Gasteiger partial charge in [0.1, 0.15) is 0 Å². The van der Waals surface area contributed by atoms with Gasteiger partial charge in [0.05, 0.1) is 0 Å². The minimum atomic E-state index is -0.0383. The van der Waals surface area contributed by atoms with Crippen molar-refractivity contribution in [3.8, 4) is 0 Å². The van der Waals surface area contributed by atoms with Crippen molar-refractivity contribution in [2.24, 2.45) is 5.92 Å². The van der Waals surface area contributed by atoms with Crippen LogP contribution in [0.4, 0.5) is 0 Å². The predicted octanol–water partition coefficient (Wildman–Crippen LogP) is 4.99. The minimum absolute atomic E-state index is 0.0383. The van der Waals surface area contributed by atoms with E-state index < -0.39 is 0 Å². The molecular weight excluding hydrogens is 350 g/mol. The summed E-state index contributed by atoms with van der Waals surface area (Å²) < 4.78 is 1.04. The molecule has 0 heterocycles. The number of rotatable bonds is 5. The van der Waals surface area contributed by atoms with Gasteiger partial charge in [-0.25, -0.2) is 0 Å². The van der Waals surface area contributed by atoms with E-state index in [0.29, 0.717) is 17.4 Å². The predicted molar refractivity (Wildman–Crippen MR) is 93.1 cm³/mol. The molecule has 0 bridgehead atoms. The van der Waals surface area contributed by atoms with Crippen LogP contribution in [0.15, 0.2) is 40.9 Å². The van der Waals surface area contributed by atoms with Gasteiger partial charge in [-0.3, -0.25) is 4.79 Å². The Balaban J connectivity index is 2.20. The number of hydrogen-bond acceptors (Lipinski definition) is 1. The van der Waals surface area contributed by atoms with E-state index in [1.165, 1.54) is 0 Å². The van der Waals surface area contributed by atoms with Crippen LogP contribution in [0, 0.1) is 5.92 Å². The first kappa shape index (κ1) is 16.3. The van der Waals surface area contributed by atoms with Crippen LogP contribution in [0.25, 0.3) is 10.8 Å². The van der Waals surface area contributed by atoms with E-state index >= 15 is 0 Å². The molecule has 0 radical (unpaired) electrons. The molecule has 2 nitrogen and oxygen atoms in total. The lowest BCUT2D eigenvalue weighted by atomic mass is 10.0. The summed E-state index contributed by atoms with van der Waals surface area (Å²) in [5.41, 5.74) is 0.685. The topological polar surface area (TPSA) is 29.1 Å². The number of carbonyl (C=O) groups is 1. The van der Waals surface area contributed by atoms with Crippen molar-refractivity contribution in [2.75, 3.05) is 5.88 Å². The third kappa shape index (κ3) is 4.21. The first-order valence-corrected chi connectivity index (χ1v) is 8.40. The van der Waals surface area contributed by atoms with E-state index in [4.69, 9.17) is 11.6 Å². The number of amides is 1. The maximum absolute atomic E-state index is 12.4. The summed E-state index contributed by atoms with van der Waals surface area (Å²) >= 11 is 9.26. The molecule has 2 rings (SSSR count). The van der Waals surface area contributed by atoms with Gasteiger partial charge in [0.15, 0.2) is 0 Å². The highest BCUT2D eigenvalue weighted by molar-refractivity contribution is 9.10. The monoisotopic (exact) mass is 367 g/mol. The van der Waals surface area contributed by atoms with Gasteiger partial charge in [-0.15, -0.1) is 11.6 Å². The van der Waals surface area contributed by atoms with E-state index in [-0.39, 0.29) is 11.9 Å². The number of nitrogens with one attached hydrogen (secondary N) is 1. The zero-order valence-corrected chi connectivity index (χ0v) is 14.5. The van der Waals surface area contributed by atoms with Crippen LogP contribution in [0.3, 0.4) is 0 Å². The van der Waals surface area contributed by atoms with E-state index in [1.54, 1.807) is 0 Å². The number of hydrogen-bond donors (Lipinski definition) is 1. The minimum Gasteiger partial charge on any atom is -0.349 e. The highest BCUT2D eigenvalue weighted by Crippen LogP contribution is 2.21. The fourth-order valence-electron chi connectivity index (χ4n) is 2.30. The Kier molecular flexibility index (Phi) is 5.65. The van der Waals surface area contributed by atoms with Gasteiger partial charge in [-0.1, -0.05) is 41.9 Å². The molecule has 1 N–H and O–H groups in total. The maximum Gasteiger partial charge on any atom is 0.251 e. The second-order valence-corrected chi connectivity index (χ2v) is 6.80. The molecule has 2 aromatic rings. The Morgan fingerprint density at radius 1 is 1.19 bits per heavy atom. The van der Waals surface area contributed by atoms with Gasteiger partial charge < -0.3 is 5.32 Å². The van der Waals surface area contributed by atoms with Crippen LogP contribution in [-0.2, 0) is 0 Å². The quantitative estimate of drug-likeness (QED) is 0.740. The average molecular weight is 369 g/mol. The third-order valence-electron chi connectivity index (χ3n) is 3.61. The Morgan fingerprint density at radius 2 is 1.86 bits per heavy atom. The number of halogens is 2. The summed E-state index contributed by atoms with van der Waals surface area (Å²) in [4.78, 5) is 12.4. The van der Waals surface area contributed by atoms with Gasteiger partial charge in [-0.05, 0) is 47.4 Å². The lowest BCUT2D eigenvalue weighted by molar-refractivity contribution is 0.0925. The lowest BCUT2D eigenvalue weighted by Crippen LogP contribution is -2.38. The van der Waals surface area contributed by atoms with E-state index in [1.807, 2.05) is 36.4 Å². The van der Waals surface area contributed by atoms with Crippen molar-refractivity contribution in [3.63, 3.8) is 0 Å². The molecule has 0 aromatic heterocycles. The summed E-state index contributed by atoms with van der Waals surface area (Å²) in [5.74, 6) is 0.877. The Morgan fingerprint density at radius 3 is 2.52 bits per heavy atom. The molecule has 2 aromatic carbocycles. The smallest absolute Gasteiger partial charge is 0.251 e. The molecule has 0 spiro atoms. The van der Waals surface area contributed by atoms with Crippen LogP contribution in [-0.4, -0.2) is 17.8 Å². The Bertz CT molecular complexity index is 642. The molecule has 0 aliphatic rings. The second kappa shape index (κ2) is 7.28. The van der Waals surface area contributed by atoms with Gasteiger partial charge in [0.25, 0.3) is 5.91 Å². The molecule has 0 aliphatic carbocycles. The first-order chi connectivity index (χ1) is 10.0. The van der Waals surface area contributed by atoms with Crippen molar-refractivity contribution < 1.29 is 4.79 Å². The molecule has 0 aliphatic heterocycles. The molecule has 0 saturated carbocycles. The molecule has 4 heteroatoms. The summed E-state index contributed by atoms with van der Waals surface area (Å²) in [6.07, 6.45) is 0.783. The SMILES string of the molecule is CC(C)C(CCCl)NC(=O)c1ccc2cc(Br)ccc2c1. The molecular formula is C17H19BrClNO. The molecule has 0 saturated heterocycles. The summed E-state index contributed by atoms with van der Waals surface area (Å²) in [6.45, 7) is 4.19. The standard InChI is InChI=1S/C17H19BrClNO/c1-11(2)16(7-8-19)20-17(21)14-4-3-13-10-15(18)6-5-12(13)9-14/h3-6,9-11,16H,7-8H2,1-2H3,(H,20,21). The van der Waals surface area contributed by atoms with Crippen LogP contribution < -0.4 is 5.32 Å². The zero-order chi connectivity index (χ0) is 15.4. The Labute approximate surface area is 139 Å². The summed E-state index contributed by atoms with van der Waals surface area (Å²) in [6, 6.07) is 11.9. The first-order valence-electron chi connectivity index (χ1n) is 7.07. The summed E-state index contributed by atoms with van der Waals surface area (Å²) in [7, 11) is 0. The van der Waals surface area contributed by atoms with Crippen LogP contribution in [0.5, 0.6) is 0 Å². The zero-order valence-electron chi connectivity index (χ0n) is 12.2. The summed E-state index contributed by atoms with van der Waals surface area (Å²) in [5, 5.41) is 5.25. The lowest BCUT2D eigenvalue weighted by Gasteiger charge is -2.21. The Hall–Kier alpha value is -1.06. The van der Waals surface area contributed by atoms with Crippen LogP contribution in [0.1, 0.15) is 30.6 Å². The number of carbonyl (C=O) groups excluding carboxylic acids is 1. The average Bonchev–Trinajstić information content (AvgIpc) is 2.45. The highest BCUT2D eigenvalue weighted by Gasteiger charge is 2.16. The van der Waals surface area contributed by atoms with Crippen molar-refractivity contribution in [1.82, 2.24) is 5.32 Å². The van der Waals surface area contributed by atoms with E-state index in [9.17, 15) is 4.79 Å². The van der Waals surface area contributed by atoms with Crippen molar-refractivity contribution in [1.29, 1.82) is 0 Å². The van der Waals surface area contributed by atoms with E-state index in [0.717, 1.165) is 21.7 Å². The largest absolute Gasteiger partial charge is 0.349 e. The second-order valence-electron chi connectivity index (χ2n) is 5.51. The number of benzene rings is 2. The van der Waals surface area contributed by atoms with Gasteiger partial charge in [0.2, 0.25) is 0 Å². The fourth-order valence-corrected chi connectivity index (χ4v) is 2.91. The molecule has 112 valence electrons. The molecule has 1 atom stereocenters. The molecule has 0 fully saturated rings. The number of fused-ring (bicyclic) bond motifs is 1. The third-order valence-corrected chi connectivity index (χ3v) is 4.32. The van der Waals surface area contributed by atoms with Gasteiger partial charge in [-0.2, -0.15) is 0 Å². The highest BCUT2D eigenvalue weighted by atomic mass is 79.9. The maximum atomic E-state index is 12.4. The van der Waals surface area contributed by atoms with Crippen molar-refractivity contribution in [2.45, 2.75) is 26.3 Å². The molecule has 21 heavy (non-hydrogen) atoms.